The largest absolute Gasteiger partial charge is 0.504 e. The van der Waals surface area contributed by atoms with E-state index in [0.29, 0.717) is 12.5 Å². The lowest BCUT2D eigenvalue weighted by Crippen LogP contribution is -2.31. The first kappa shape index (κ1) is 14.4. The number of methoxy groups -OCH3 is 1. The molecule has 0 saturated carbocycles. The summed E-state index contributed by atoms with van der Waals surface area (Å²) in [6.07, 6.45) is 2.57. The highest BCUT2D eigenvalue weighted by Crippen LogP contribution is 2.36. The highest BCUT2D eigenvalue weighted by atomic mass is 16.5. The Bertz CT molecular complexity index is 705. The van der Waals surface area contributed by atoms with Crippen LogP contribution in [0.15, 0.2) is 18.3 Å². The quantitative estimate of drug-likeness (QED) is 0.727. The molecule has 0 unspecified atom stereocenters. The fourth-order valence-electron chi connectivity index (χ4n) is 2.68. The number of benzene rings is 1. The number of hydrogen-bond donors (Lipinski definition) is 3. The monoisotopic (exact) mass is 302 g/mol. The number of phenolic OH excluding ortho intramolecular Hbond substituents is 2. The summed E-state index contributed by atoms with van der Waals surface area (Å²) in [4.78, 5) is 10.5. The summed E-state index contributed by atoms with van der Waals surface area (Å²) >= 11 is 0. The molecule has 3 rings (SSSR count). The third-order valence-electron chi connectivity index (χ3n) is 3.77. The average Bonchev–Trinajstić information content (AvgIpc) is 2.51. The van der Waals surface area contributed by atoms with Crippen LogP contribution in [0.4, 0.5) is 5.95 Å². The Hall–Kier alpha value is -2.54. The van der Waals surface area contributed by atoms with Crippen molar-refractivity contribution in [2.75, 3.05) is 19.4 Å². The van der Waals surface area contributed by atoms with Crippen LogP contribution in [-0.4, -0.2) is 38.7 Å². The van der Waals surface area contributed by atoms with Gasteiger partial charge in [0.2, 0.25) is 11.7 Å². The molecule has 4 N–H and O–H groups in total. The summed E-state index contributed by atoms with van der Waals surface area (Å²) in [6, 6.07) is 3.27. The Labute approximate surface area is 128 Å². The number of nitrogen functional groups attached to an aromatic ring is 1. The first-order valence-electron chi connectivity index (χ1n) is 6.98. The highest BCUT2D eigenvalue weighted by Gasteiger charge is 2.19. The maximum absolute atomic E-state index is 9.75. The number of aromatic nitrogens is 2. The van der Waals surface area contributed by atoms with Gasteiger partial charge in [0.1, 0.15) is 0 Å². The molecule has 0 saturated heterocycles. The lowest BCUT2D eigenvalue weighted by Gasteiger charge is -2.28. The molecule has 0 atom stereocenters. The molecule has 0 aliphatic carbocycles. The molecule has 7 nitrogen and oxygen atoms in total. The smallest absolute Gasteiger partial charge is 0.220 e. The molecule has 1 aliphatic heterocycles. The topological polar surface area (TPSA) is 105 Å². The zero-order valence-corrected chi connectivity index (χ0v) is 12.3. The molecule has 0 spiro atoms. The van der Waals surface area contributed by atoms with E-state index in [-0.39, 0.29) is 17.2 Å². The SMILES string of the molecule is COc1cc(CN2CCc3nc(N)ncc3C2)cc(O)c1O. The second-order valence-corrected chi connectivity index (χ2v) is 5.33. The minimum Gasteiger partial charge on any atom is -0.504 e. The predicted molar refractivity (Wildman–Crippen MR) is 80.6 cm³/mol. The van der Waals surface area contributed by atoms with E-state index in [9.17, 15) is 10.2 Å². The van der Waals surface area contributed by atoms with Crippen LogP contribution in [0, 0.1) is 0 Å². The van der Waals surface area contributed by atoms with E-state index in [4.69, 9.17) is 10.5 Å². The number of aromatic hydroxyl groups is 2. The Morgan fingerprint density at radius 2 is 2.18 bits per heavy atom. The summed E-state index contributed by atoms with van der Waals surface area (Å²) in [5, 5.41) is 19.4. The Balaban J connectivity index is 1.77. The number of fused-ring (bicyclic) bond motifs is 1. The predicted octanol–water partition coefficient (Wildman–Crippen LogP) is 1.04. The van der Waals surface area contributed by atoms with Crippen LogP contribution < -0.4 is 10.5 Å². The van der Waals surface area contributed by atoms with E-state index >= 15 is 0 Å². The Kier molecular flexibility index (Phi) is 3.72. The number of rotatable bonds is 3. The molecule has 0 radical (unpaired) electrons. The van der Waals surface area contributed by atoms with E-state index in [1.165, 1.54) is 7.11 Å². The maximum atomic E-state index is 9.75. The first-order valence-corrected chi connectivity index (χ1v) is 6.98. The molecule has 1 aromatic carbocycles. The van der Waals surface area contributed by atoms with Crippen molar-refractivity contribution in [1.29, 1.82) is 0 Å². The zero-order valence-electron chi connectivity index (χ0n) is 12.3. The summed E-state index contributed by atoms with van der Waals surface area (Å²) < 4.78 is 5.06. The van der Waals surface area contributed by atoms with Crippen molar-refractivity contribution in [3.8, 4) is 17.2 Å². The van der Waals surface area contributed by atoms with Gasteiger partial charge in [-0.2, -0.15) is 0 Å². The molecule has 1 aromatic heterocycles. The molecule has 0 fully saturated rings. The van der Waals surface area contributed by atoms with Crippen LogP contribution in [0.5, 0.6) is 17.2 Å². The van der Waals surface area contributed by atoms with Crippen LogP contribution in [0.1, 0.15) is 16.8 Å². The lowest BCUT2D eigenvalue weighted by molar-refractivity contribution is 0.242. The Morgan fingerprint density at radius 3 is 2.95 bits per heavy atom. The summed E-state index contributed by atoms with van der Waals surface area (Å²) in [6.45, 7) is 2.20. The van der Waals surface area contributed by atoms with Gasteiger partial charge in [0, 0.05) is 37.8 Å². The molecule has 1 aliphatic rings. The number of nitrogens with zero attached hydrogens (tertiary/aromatic N) is 3. The molecule has 0 amide bonds. The van der Waals surface area contributed by atoms with Crippen LogP contribution in [-0.2, 0) is 19.5 Å². The van der Waals surface area contributed by atoms with Crippen LogP contribution >= 0.6 is 0 Å². The van der Waals surface area contributed by atoms with E-state index in [0.717, 1.165) is 36.3 Å². The van der Waals surface area contributed by atoms with Crippen molar-refractivity contribution in [3.05, 3.63) is 35.2 Å². The number of anilines is 1. The van der Waals surface area contributed by atoms with Gasteiger partial charge in [-0.1, -0.05) is 0 Å². The second kappa shape index (κ2) is 5.69. The first-order chi connectivity index (χ1) is 10.6. The Morgan fingerprint density at radius 1 is 1.36 bits per heavy atom. The van der Waals surface area contributed by atoms with Crippen molar-refractivity contribution < 1.29 is 14.9 Å². The normalized spacial score (nSPS) is 14.6. The summed E-state index contributed by atoms with van der Waals surface area (Å²) in [7, 11) is 1.46. The molecule has 116 valence electrons. The van der Waals surface area contributed by atoms with Gasteiger partial charge in [-0.05, 0) is 17.7 Å². The summed E-state index contributed by atoms with van der Waals surface area (Å²) in [5.41, 5.74) is 8.53. The minimum absolute atomic E-state index is 0.178. The fourth-order valence-corrected chi connectivity index (χ4v) is 2.68. The van der Waals surface area contributed by atoms with Crippen molar-refractivity contribution in [3.63, 3.8) is 0 Å². The minimum atomic E-state index is -0.237. The maximum Gasteiger partial charge on any atom is 0.220 e. The third kappa shape index (κ3) is 2.75. The van der Waals surface area contributed by atoms with Gasteiger partial charge in [0.05, 0.1) is 12.8 Å². The molecular weight excluding hydrogens is 284 g/mol. The molecule has 2 heterocycles. The molecule has 0 bridgehead atoms. The van der Waals surface area contributed by atoms with Gasteiger partial charge in [0.25, 0.3) is 0 Å². The van der Waals surface area contributed by atoms with E-state index < -0.39 is 0 Å². The van der Waals surface area contributed by atoms with E-state index in [2.05, 4.69) is 14.9 Å². The van der Waals surface area contributed by atoms with Crippen LogP contribution in [0.2, 0.25) is 0 Å². The van der Waals surface area contributed by atoms with Crippen molar-refractivity contribution in [2.24, 2.45) is 0 Å². The van der Waals surface area contributed by atoms with Crippen LogP contribution in [0.25, 0.3) is 0 Å². The average molecular weight is 302 g/mol. The second-order valence-electron chi connectivity index (χ2n) is 5.33. The number of hydrogen-bond acceptors (Lipinski definition) is 7. The number of ether oxygens (including phenoxy) is 1. The highest BCUT2D eigenvalue weighted by molar-refractivity contribution is 5.51. The van der Waals surface area contributed by atoms with E-state index in [1.54, 1.807) is 18.3 Å². The van der Waals surface area contributed by atoms with Gasteiger partial charge in [-0.15, -0.1) is 0 Å². The van der Waals surface area contributed by atoms with Gasteiger partial charge in [-0.3, -0.25) is 4.90 Å². The molecule has 2 aromatic rings. The molecular formula is C15H18N4O3. The number of phenols is 2. The lowest BCUT2D eigenvalue weighted by atomic mass is 10.1. The van der Waals surface area contributed by atoms with Gasteiger partial charge < -0.3 is 20.7 Å². The number of nitrogens with two attached hydrogens (primary N) is 1. The van der Waals surface area contributed by atoms with Gasteiger partial charge in [-0.25, -0.2) is 9.97 Å². The third-order valence-corrected chi connectivity index (χ3v) is 3.77. The standard InChI is InChI=1S/C15H18N4O3/c1-22-13-5-9(4-12(20)14(13)21)7-19-3-2-11-10(8-19)6-17-15(16)18-11/h4-6,20-21H,2-3,7-8H2,1H3,(H2,16,17,18). The molecule has 7 heteroatoms. The summed E-state index contributed by atoms with van der Waals surface area (Å²) in [5.74, 6) is 0.158. The fraction of sp³-hybridized carbons (Fsp3) is 0.333. The van der Waals surface area contributed by atoms with E-state index in [1.807, 2.05) is 0 Å². The van der Waals surface area contributed by atoms with Crippen molar-refractivity contribution in [1.82, 2.24) is 14.9 Å². The zero-order chi connectivity index (χ0) is 15.7. The molecule has 22 heavy (non-hydrogen) atoms. The van der Waals surface area contributed by atoms with Crippen molar-refractivity contribution in [2.45, 2.75) is 19.5 Å². The van der Waals surface area contributed by atoms with Gasteiger partial charge in [0.15, 0.2) is 11.5 Å². The van der Waals surface area contributed by atoms with Gasteiger partial charge >= 0.3 is 0 Å². The van der Waals surface area contributed by atoms with Crippen LogP contribution in [0.3, 0.4) is 0 Å². The van der Waals surface area contributed by atoms with Crippen molar-refractivity contribution >= 4 is 5.95 Å².